The molecule has 0 saturated carbocycles. The van der Waals surface area contributed by atoms with E-state index in [1.54, 1.807) is 24.3 Å². The molecular formula is C14H18ClN3O2. The van der Waals surface area contributed by atoms with Gasteiger partial charge in [-0.2, -0.15) is 5.10 Å². The van der Waals surface area contributed by atoms with E-state index in [0.717, 1.165) is 0 Å². The lowest BCUT2D eigenvalue weighted by molar-refractivity contribution is -0.0731. The average molecular weight is 302 g/mol. The van der Waals surface area contributed by atoms with Gasteiger partial charge < -0.3 is 9.84 Å². The van der Waals surface area contributed by atoms with Gasteiger partial charge in [-0.05, 0) is 29.7 Å². The van der Waals surface area contributed by atoms with Crippen LogP contribution >= 0.6 is 11.6 Å². The largest absolute Gasteiger partial charge is 0.466 e. The second-order valence-corrected chi connectivity index (χ2v) is 6.09. The van der Waals surface area contributed by atoms with Gasteiger partial charge in [-0.25, -0.2) is 9.67 Å². The Balaban J connectivity index is 2.26. The molecule has 1 aromatic carbocycles. The molecular weight excluding hydrogens is 284 g/mol. The molecule has 20 heavy (non-hydrogen) atoms. The van der Waals surface area contributed by atoms with Crippen molar-refractivity contribution in [1.82, 2.24) is 14.8 Å². The lowest BCUT2D eigenvalue weighted by atomic mass is 9.88. The summed E-state index contributed by atoms with van der Waals surface area (Å²) < 4.78 is 7.36. The highest BCUT2D eigenvalue weighted by molar-refractivity contribution is 6.30. The van der Waals surface area contributed by atoms with Crippen molar-refractivity contribution in [3.8, 4) is 5.75 Å². The van der Waals surface area contributed by atoms with Gasteiger partial charge in [-0.15, -0.1) is 0 Å². The molecule has 6 heteroatoms. The Morgan fingerprint density at radius 2 is 1.90 bits per heavy atom. The molecule has 2 atom stereocenters. The Bertz CT molecular complexity index is 535. The van der Waals surface area contributed by atoms with Crippen molar-refractivity contribution in [2.75, 3.05) is 0 Å². The van der Waals surface area contributed by atoms with Gasteiger partial charge in [0.1, 0.15) is 24.5 Å². The number of hydrogen-bond donors (Lipinski definition) is 1. The van der Waals surface area contributed by atoms with Crippen LogP contribution < -0.4 is 4.74 Å². The number of aliphatic hydroxyl groups is 1. The van der Waals surface area contributed by atoms with Crippen molar-refractivity contribution in [3.63, 3.8) is 0 Å². The first-order valence-electron chi connectivity index (χ1n) is 6.32. The number of ether oxygens (including phenoxy) is 1. The monoisotopic (exact) mass is 301 g/mol. The first-order chi connectivity index (χ1) is 9.38. The number of halogens is 1. The number of aromatic nitrogens is 3. The van der Waals surface area contributed by atoms with Crippen LogP contribution in [0.3, 0.4) is 0 Å². The number of rotatable bonds is 4. The summed E-state index contributed by atoms with van der Waals surface area (Å²) >= 11 is 5.85. The Labute approximate surface area is 123 Å². The topological polar surface area (TPSA) is 60.2 Å². The highest BCUT2D eigenvalue weighted by Gasteiger charge is 2.34. The molecule has 0 amide bonds. The van der Waals surface area contributed by atoms with Gasteiger partial charge in [0.15, 0.2) is 0 Å². The van der Waals surface area contributed by atoms with E-state index >= 15 is 0 Å². The van der Waals surface area contributed by atoms with Crippen molar-refractivity contribution in [1.29, 1.82) is 0 Å². The van der Waals surface area contributed by atoms with E-state index in [1.165, 1.54) is 17.3 Å². The molecule has 2 unspecified atom stereocenters. The molecule has 0 saturated heterocycles. The molecule has 2 rings (SSSR count). The summed E-state index contributed by atoms with van der Waals surface area (Å²) in [5.74, 6) is 0.609. The fraction of sp³-hybridized carbons (Fsp3) is 0.429. The van der Waals surface area contributed by atoms with Crippen molar-refractivity contribution in [2.45, 2.75) is 33.1 Å². The first kappa shape index (κ1) is 14.8. The van der Waals surface area contributed by atoms with Gasteiger partial charge in [0, 0.05) is 5.02 Å². The molecule has 108 valence electrons. The Kier molecular flexibility index (Phi) is 4.30. The first-order valence-corrected chi connectivity index (χ1v) is 6.70. The summed E-state index contributed by atoms with van der Waals surface area (Å²) in [7, 11) is 0. The molecule has 0 aliphatic heterocycles. The molecule has 0 aliphatic rings. The van der Waals surface area contributed by atoms with Crippen LogP contribution in [0.25, 0.3) is 0 Å². The van der Waals surface area contributed by atoms with Crippen LogP contribution in [0.4, 0.5) is 0 Å². The summed E-state index contributed by atoms with van der Waals surface area (Å²) in [4.78, 5) is 3.90. The maximum Gasteiger partial charge on any atom is 0.219 e. The lowest BCUT2D eigenvalue weighted by Crippen LogP contribution is -2.38. The zero-order valence-corrected chi connectivity index (χ0v) is 12.4. The van der Waals surface area contributed by atoms with Gasteiger partial charge in [-0.1, -0.05) is 32.4 Å². The van der Waals surface area contributed by atoms with E-state index < -0.39 is 12.3 Å². The molecule has 1 heterocycles. The Hall–Kier alpha value is -1.59. The highest BCUT2D eigenvalue weighted by Crippen LogP contribution is 2.30. The number of hydrogen-bond acceptors (Lipinski definition) is 4. The fourth-order valence-corrected chi connectivity index (χ4v) is 1.82. The summed E-state index contributed by atoms with van der Waals surface area (Å²) in [6, 6.07) is 6.97. The minimum absolute atomic E-state index is 0.358. The molecule has 5 nitrogen and oxygen atoms in total. The predicted octanol–water partition coefficient (Wildman–Crippen LogP) is 2.92. The smallest absolute Gasteiger partial charge is 0.219 e. The molecule has 0 radical (unpaired) electrons. The van der Waals surface area contributed by atoms with E-state index in [9.17, 15) is 5.11 Å². The van der Waals surface area contributed by atoms with Gasteiger partial charge in [0.2, 0.25) is 6.23 Å². The second kappa shape index (κ2) is 5.81. The Morgan fingerprint density at radius 1 is 1.25 bits per heavy atom. The van der Waals surface area contributed by atoms with Crippen LogP contribution in [0.15, 0.2) is 36.9 Å². The van der Waals surface area contributed by atoms with Gasteiger partial charge in [0.25, 0.3) is 0 Å². The minimum Gasteiger partial charge on any atom is -0.466 e. The standard InChI is InChI=1S/C14H18ClN3O2/c1-14(2,3)12(19)13(18-9-16-8-17-18)20-11-6-4-10(15)5-7-11/h4-9,12-13,19H,1-3H3/i4+1,5+1,6+1,7+1,10+1,11+1. The quantitative estimate of drug-likeness (QED) is 0.943. The van der Waals surface area contributed by atoms with Crippen molar-refractivity contribution < 1.29 is 9.84 Å². The number of aliphatic hydroxyl groups excluding tert-OH is 1. The zero-order valence-electron chi connectivity index (χ0n) is 11.7. The van der Waals surface area contributed by atoms with Crippen LogP contribution in [0.5, 0.6) is 5.75 Å². The molecule has 2 aromatic rings. The predicted molar refractivity (Wildman–Crippen MR) is 76.6 cm³/mol. The van der Waals surface area contributed by atoms with Gasteiger partial charge in [0.05, 0.1) is 0 Å². The molecule has 1 N–H and O–H groups in total. The van der Waals surface area contributed by atoms with Crippen molar-refractivity contribution in [2.24, 2.45) is 5.41 Å². The average Bonchev–Trinajstić information content (AvgIpc) is 2.90. The molecule has 0 fully saturated rings. The van der Waals surface area contributed by atoms with Crippen LogP contribution in [0, 0.1) is 5.41 Å². The van der Waals surface area contributed by atoms with Crippen LogP contribution in [0.2, 0.25) is 5.02 Å². The molecule has 0 aliphatic carbocycles. The van der Waals surface area contributed by atoms with Crippen LogP contribution in [-0.2, 0) is 0 Å². The zero-order chi connectivity index (χ0) is 14.8. The third kappa shape index (κ3) is 3.49. The summed E-state index contributed by atoms with van der Waals surface area (Å²) in [6.07, 6.45) is 1.53. The van der Waals surface area contributed by atoms with Crippen molar-refractivity contribution >= 4 is 11.6 Å². The summed E-state index contributed by atoms with van der Waals surface area (Å²) in [5.41, 5.74) is -0.358. The lowest BCUT2D eigenvalue weighted by Gasteiger charge is -2.32. The van der Waals surface area contributed by atoms with Crippen LogP contribution in [0.1, 0.15) is 27.0 Å². The van der Waals surface area contributed by atoms with Crippen molar-refractivity contribution in [3.05, 3.63) is 41.9 Å². The van der Waals surface area contributed by atoms with E-state index in [0.29, 0.717) is 10.8 Å². The van der Waals surface area contributed by atoms with Gasteiger partial charge >= 0.3 is 0 Å². The van der Waals surface area contributed by atoms with Gasteiger partial charge in [-0.3, -0.25) is 0 Å². The minimum atomic E-state index is -0.750. The van der Waals surface area contributed by atoms with E-state index in [1.807, 2.05) is 20.8 Å². The molecule has 0 spiro atoms. The maximum absolute atomic E-state index is 10.5. The highest BCUT2D eigenvalue weighted by atomic mass is 35.5. The van der Waals surface area contributed by atoms with E-state index in [-0.39, 0.29) is 5.41 Å². The second-order valence-electron chi connectivity index (χ2n) is 5.65. The van der Waals surface area contributed by atoms with E-state index in [4.69, 9.17) is 16.3 Å². The van der Waals surface area contributed by atoms with Crippen LogP contribution in [-0.4, -0.2) is 26.0 Å². The maximum atomic E-state index is 10.5. The number of nitrogens with zero attached hydrogens (tertiary/aromatic N) is 3. The molecule has 1 aromatic heterocycles. The Morgan fingerprint density at radius 3 is 2.40 bits per heavy atom. The fourth-order valence-electron chi connectivity index (χ4n) is 1.69. The third-order valence-electron chi connectivity index (χ3n) is 2.93. The number of benzene rings is 1. The van der Waals surface area contributed by atoms with E-state index in [2.05, 4.69) is 10.1 Å². The SMILES string of the molecule is CC(C)(C)C(O)C(O[13c]1[13cH][13cH][13c](Cl)[13cH][13cH]1)n1cncn1. The third-order valence-corrected chi connectivity index (χ3v) is 3.18. The normalized spacial score (nSPS) is 14.8. The summed E-state index contributed by atoms with van der Waals surface area (Å²) in [5, 5.41) is 15.2. The molecule has 0 bridgehead atoms. The summed E-state index contributed by atoms with van der Waals surface area (Å²) in [6.45, 7) is 5.81.